The monoisotopic (exact) mass is 228 g/mol. The minimum atomic E-state index is -1.20. The van der Waals surface area contributed by atoms with Gasteiger partial charge in [0.05, 0.1) is 6.61 Å². The molecule has 8 heteroatoms. The van der Waals surface area contributed by atoms with E-state index in [-0.39, 0.29) is 11.8 Å². The van der Waals surface area contributed by atoms with Gasteiger partial charge in [0.15, 0.2) is 5.82 Å². The molecule has 2 rings (SSSR count). The van der Waals surface area contributed by atoms with Crippen molar-refractivity contribution in [3.63, 3.8) is 0 Å². The first-order valence-electron chi connectivity index (χ1n) is 4.70. The van der Waals surface area contributed by atoms with Crippen LogP contribution in [0.1, 0.15) is 11.9 Å². The van der Waals surface area contributed by atoms with E-state index in [1.165, 1.54) is 6.33 Å². The van der Waals surface area contributed by atoms with Gasteiger partial charge in [-0.2, -0.15) is 4.98 Å². The lowest BCUT2D eigenvalue weighted by atomic mass is 10.1. The van der Waals surface area contributed by atoms with Gasteiger partial charge in [-0.25, -0.2) is 9.97 Å². The van der Waals surface area contributed by atoms with Gasteiger partial charge in [0.2, 0.25) is 5.95 Å². The molecule has 0 amide bonds. The molecule has 0 bridgehead atoms. The molecule has 88 valence electrons. The molecule has 1 aliphatic rings. The molecule has 2 heterocycles. The van der Waals surface area contributed by atoms with Gasteiger partial charge in [-0.15, -0.1) is 0 Å². The molecule has 0 aliphatic carbocycles. The summed E-state index contributed by atoms with van der Waals surface area (Å²) in [5.74, 6) is 0.137. The van der Waals surface area contributed by atoms with E-state index in [0.717, 1.165) is 0 Å². The van der Waals surface area contributed by atoms with Crippen LogP contribution in [0, 0.1) is 0 Å². The van der Waals surface area contributed by atoms with E-state index in [4.69, 9.17) is 15.6 Å². The lowest BCUT2D eigenvalue weighted by Gasteiger charge is -2.12. The second kappa shape index (κ2) is 4.26. The van der Waals surface area contributed by atoms with Crippen LogP contribution in [0.25, 0.3) is 0 Å². The molecule has 4 atom stereocenters. The third-order valence-corrected chi connectivity index (χ3v) is 2.41. The first-order valence-corrected chi connectivity index (χ1v) is 4.70. The van der Waals surface area contributed by atoms with E-state index in [2.05, 4.69) is 15.0 Å². The molecule has 0 unspecified atom stereocenters. The zero-order valence-electron chi connectivity index (χ0n) is 8.26. The second-order valence-electron chi connectivity index (χ2n) is 3.46. The number of aromatic nitrogens is 3. The molecule has 0 aromatic carbocycles. The van der Waals surface area contributed by atoms with Crippen LogP contribution in [0.2, 0.25) is 0 Å². The molecule has 0 radical (unpaired) electrons. The number of nitrogens with two attached hydrogens (primary N) is 1. The Morgan fingerprint density at radius 1 is 1.31 bits per heavy atom. The largest absolute Gasteiger partial charge is 0.394 e. The summed E-state index contributed by atoms with van der Waals surface area (Å²) in [7, 11) is 0. The zero-order valence-corrected chi connectivity index (χ0v) is 8.26. The Kier molecular flexibility index (Phi) is 2.97. The molecular formula is C8H12N4O4. The van der Waals surface area contributed by atoms with Gasteiger partial charge in [0.25, 0.3) is 0 Å². The average Bonchev–Trinajstić information content (AvgIpc) is 2.56. The van der Waals surface area contributed by atoms with Crippen LogP contribution in [0.5, 0.6) is 0 Å². The van der Waals surface area contributed by atoms with Crippen molar-refractivity contribution >= 4 is 5.95 Å². The van der Waals surface area contributed by atoms with Crippen LogP contribution in [0.3, 0.4) is 0 Å². The van der Waals surface area contributed by atoms with Gasteiger partial charge >= 0.3 is 0 Å². The van der Waals surface area contributed by atoms with Crippen LogP contribution in [0.4, 0.5) is 5.95 Å². The highest BCUT2D eigenvalue weighted by Crippen LogP contribution is 2.31. The van der Waals surface area contributed by atoms with Gasteiger partial charge < -0.3 is 25.8 Å². The standard InChI is InChI=1S/C8H12N4O4/c9-8-11-2-10-7(12-8)6-5(15)4(14)3(1-13)16-6/h2-6,13-15H,1H2,(H2,9,10,11,12)/t3-,4-,5-,6-/m1/s1. The first kappa shape index (κ1) is 11.1. The Morgan fingerprint density at radius 2 is 2.06 bits per heavy atom. The van der Waals surface area contributed by atoms with E-state index in [1.807, 2.05) is 0 Å². The Morgan fingerprint density at radius 3 is 2.62 bits per heavy atom. The van der Waals surface area contributed by atoms with Crippen molar-refractivity contribution < 1.29 is 20.1 Å². The van der Waals surface area contributed by atoms with Crippen LogP contribution in [-0.2, 0) is 4.74 Å². The number of hydrogen-bond donors (Lipinski definition) is 4. The van der Waals surface area contributed by atoms with Crippen molar-refractivity contribution in [3.8, 4) is 0 Å². The summed E-state index contributed by atoms with van der Waals surface area (Å²) in [6, 6.07) is 0. The number of ether oxygens (including phenoxy) is 1. The fourth-order valence-corrected chi connectivity index (χ4v) is 1.57. The summed E-state index contributed by atoms with van der Waals surface area (Å²) >= 11 is 0. The molecule has 1 aliphatic heterocycles. The van der Waals surface area contributed by atoms with E-state index in [1.54, 1.807) is 0 Å². The Balaban J connectivity index is 2.23. The summed E-state index contributed by atoms with van der Waals surface area (Å²) in [4.78, 5) is 11.2. The fourth-order valence-electron chi connectivity index (χ4n) is 1.57. The topological polar surface area (TPSA) is 135 Å². The van der Waals surface area contributed by atoms with E-state index in [0.29, 0.717) is 0 Å². The number of anilines is 1. The van der Waals surface area contributed by atoms with Gasteiger partial charge in [-0.1, -0.05) is 0 Å². The molecule has 0 spiro atoms. The smallest absolute Gasteiger partial charge is 0.223 e. The van der Waals surface area contributed by atoms with Crippen LogP contribution < -0.4 is 5.73 Å². The van der Waals surface area contributed by atoms with Crippen molar-refractivity contribution in [1.29, 1.82) is 0 Å². The van der Waals surface area contributed by atoms with E-state index in [9.17, 15) is 10.2 Å². The van der Waals surface area contributed by atoms with Gasteiger partial charge in [0.1, 0.15) is 30.7 Å². The maximum Gasteiger partial charge on any atom is 0.223 e. The molecule has 0 saturated carbocycles. The van der Waals surface area contributed by atoms with Crippen molar-refractivity contribution in [2.75, 3.05) is 12.3 Å². The van der Waals surface area contributed by atoms with Gasteiger partial charge in [0, 0.05) is 0 Å². The van der Waals surface area contributed by atoms with Crippen LogP contribution in [-0.4, -0.2) is 55.2 Å². The number of aliphatic hydroxyl groups is 3. The molecule has 16 heavy (non-hydrogen) atoms. The number of rotatable bonds is 2. The molecule has 1 fully saturated rings. The molecule has 1 aromatic rings. The third kappa shape index (κ3) is 1.83. The number of aliphatic hydroxyl groups excluding tert-OH is 3. The van der Waals surface area contributed by atoms with Gasteiger partial charge in [-0.3, -0.25) is 0 Å². The summed E-state index contributed by atoms with van der Waals surface area (Å²) in [6.45, 7) is -0.394. The molecule has 8 nitrogen and oxygen atoms in total. The molecular weight excluding hydrogens is 216 g/mol. The Bertz CT molecular complexity index is 377. The maximum atomic E-state index is 9.68. The number of nitrogens with zero attached hydrogens (tertiary/aromatic N) is 3. The molecule has 1 aromatic heterocycles. The summed E-state index contributed by atoms with van der Waals surface area (Å²) in [6.07, 6.45) is -2.94. The summed E-state index contributed by atoms with van der Waals surface area (Å²) < 4.78 is 5.22. The quantitative estimate of drug-likeness (QED) is 0.440. The van der Waals surface area contributed by atoms with Crippen molar-refractivity contribution in [3.05, 3.63) is 12.2 Å². The SMILES string of the molecule is Nc1ncnc([C@@H]2O[C@H](CO)[C@@H](O)[C@H]2O)n1. The van der Waals surface area contributed by atoms with E-state index < -0.39 is 31.0 Å². The lowest BCUT2D eigenvalue weighted by molar-refractivity contribution is -0.0253. The number of hydrogen-bond acceptors (Lipinski definition) is 8. The fraction of sp³-hybridized carbons (Fsp3) is 0.625. The molecule has 5 N–H and O–H groups in total. The minimum Gasteiger partial charge on any atom is -0.394 e. The first-order chi connectivity index (χ1) is 7.63. The summed E-state index contributed by atoms with van der Waals surface area (Å²) in [5.41, 5.74) is 5.36. The average molecular weight is 228 g/mol. The summed E-state index contributed by atoms with van der Waals surface area (Å²) in [5, 5.41) is 28.1. The predicted molar refractivity (Wildman–Crippen MR) is 51.0 cm³/mol. The van der Waals surface area contributed by atoms with Crippen molar-refractivity contribution in [2.45, 2.75) is 24.4 Å². The van der Waals surface area contributed by atoms with Crippen molar-refractivity contribution in [1.82, 2.24) is 15.0 Å². The maximum absolute atomic E-state index is 9.68. The van der Waals surface area contributed by atoms with Crippen LogP contribution in [0.15, 0.2) is 6.33 Å². The Labute approximate surface area is 90.7 Å². The minimum absolute atomic E-state index is 0.00254. The Hall–Kier alpha value is -1.35. The zero-order chi connectivity index (χ0) is 11.7. The molecule has 1 saturated heterocycles. The van der Waals surface area contributed by atoms with E-state index >= 15 is 0 Å². The normalized spacial score (nSPS) is 34.2. The lowest BCUT2D eigenvalue weighted by Crippen LogP contribution is -2.32. The third-order valence-electron chi connectivity index (χ3n) is 2.41. The number of nitrogen functional groups attached to an aromatic ring is 1. The highest BCUT2D eigenvalue weighted by atomic mass is 16.6. The van der Waals surface area contributed by atoms with Crippen LogP contribution >= 0.6 is 0 Å². The highest BCUT2D eigenvalue weighted by Gasteiger charge is 2.44. The predicted octanol–water partition coefficient (Wildman–Crippen LogP) is -2.39. The van der Waals surface area contributed by atoms with Crippen molar-refractivity contribution in [2.24, 2.45) is 0 Å². The highest BCUT2D eigenvalue weighted by molar-refractivity contribution is 5.15. The second-order valence-corrected chi connectivity index (χ2v) is 3.46. The van der Waals surface area contributed by atoms with Gasteiger partial charge in [-0.05, 0) is 0 Å².